The van der Waals surface area contributed by atoms with Crippen LogP contribution in [0.1, 0.15) is 39.4 Å². The molecule has 1 fully saturated rings. The van der Waals surface area contributed by atoms with Crippen molar-refractivity contribution in [1.29, 1.82) is 0 Å². The average Bonchev–Trinajstić information content (AvgIpc) is 3.17. The average molecular weight is 357 g/mol. The van der Waals surface area contributed by atoms with Crippen molar-refractivity contribution in [2.75, 3.05) is 19.8 Å². The summed E-state index contributed by atoms with van der Waals surface area (Å²) >= 11 is 0. The topological polar surface area (TPSA) is 110 Å². The Morgan fingerprint density at radius 1 is 1.19 bits per heavy atom. The van der Waals surface area contributed by atoms with Gasteiger partial charge in [-0.1, -0.05) is 12.1 Å². The highest BCUT2D eigenvalue weighted by atomic mass is 16.5. The molecule has 0 bridgehead atoms. The molecular formula is C17H19N5O4. The Hall–Kier alpha value is -2.65. The van der Waals surface area contributed by atoms with Gasteiger partial charge in [0.2, 0.25) is 0 Å². The van der Waals surface area contributed by atoms with Gasteiger partial charge in [0.1, 0.15) is 5.60 Å². The van der Waals surface area contributed by atoms with Crippen molar-refractivity contribution in [2.24, 2.45) is 0 Å². The first-order chi connectivity index (χ1) is 12.6. The number of tetrazole rings is 1. The number of amides is 2. The number of aromatic nitrogens is 4. The molecule has 0 saturated carbocycles. The maximum absolute atomic E-state index is 12.3. The van der Waals surface area contributed by atoms with Gasteiger partial charge in [0.05, 0.1) is 24.3 Å². The molecule has 1 atom stereocenters. The van der Waals surface area contributed by atoms with Crippen molar-refractivity contribution in [3.8, 4) is 0 Å². The number of hydrogen-bond donors (Lipinski definition) is 1. The van der Waals surface area contributed by atoms with Crippen LogP contribution in [0.5, 0.6) is 0 Å². The van der Waals surface area contributed by atoms with Gasteiger partial charge in [0.25, 0.3) is 11.8 Å². The van der Waals surface area contributed by atoms with Crippen molar-refractivity contribution in [3.05, 3.63) is 41.2 Å². The summed E-state index contributed by atoms with van der Waals surface area (Å²) in [7, 11) is 0. The smallest absolute Gasteiger partial charge is 0.261 e. The minimum absolute atomic E-state index is 0.186. The molecule has 2 aliphatic rings. The van der Waals surface area contributed by atoms with Crippen LogP contribution < -0.4 is 0 Å². The number of ether oxygens (including phenoxy) is 1. The molecule has 2 amide bonds. The Balaban J connectivity index is 1.38. The third kappa shape index (κ3) is 3.11. The van der Waals surface area contributed by atoms with E-state index in [0.717, 1.165) is 6.42 Å². The number of carbonyl (C=O) groups excluding carboxylic acids is 2. The van der Waals surface area contributed by atoms with Gasteiger partial charge in [-0.3, -0.25) is 14.5 Å². The third-order valence-corrected chi connectivity index (χ3v) is 4.67. The second-order valence-electron chi connectivity index (χ2n) is 6.67. The molecule has 136 valence electrons. The van der Waals surface area contributed by atoms with E-state index in [0.29, 0.717) is 36.4 Å². The second kappa shape index (κ2) is 6.58. The highest BCUT2D eigenvalue weighted by Gasteiger charge is 2.35. The molecule has 9 heteroatoms. The highest BCUT2D eigenvalue weighted by molar-refractivity contribution is 6.21. The molecule has 1 saturated heterocycles. The van der Waals surface area contributed by atoms with E-state index >= 15 is 0 Å². The predicted octanol–water partition coefficient (Wildman–Crippen LogP) is 0.0533. The zero-order valence-corrected chi connectivity index (χ0v) is 14.2. The van der Waals surface area contributed by atoms with E-state index in [1.165, 1.54) is 9.70 Å². The lowest BCUT2D eigenvalue weighted by atomic mass is 9.97. The normalized spacial score (nSPS) is 22.7. The SMILES string of the molecule is O=C1c2ccccc2C(=O)N1CCc1nnn(CC2(O)CCCOC2)n1. The van der Waals surface area contributed by atoms with E-state index < -0.39 is 5.60 Å². The summed E-state index contributed by atoms with van der Waals surface area (Å²) in [6, 6.07) is 6.77. The van der Waals surface area contributed by atoms with Crippen molar-refractivity contribution in [3.63, 3.8) is 0 Å². The van der Waals surface area contributed by atoms with Gasteiger partial charge in [-0.05, 0) is 30.2 Å². The zero-order valence-electron chi connectivity index (χ0n) is 14.2. The fraction of sp³-hybridized carbons (Fsp3) is 0.471. The van der Waals surface area contributed by atoms with Gasteiger partial charge in [-0.25, -0.2) is 0 Å². The van der Waals surface area contributed by atoms with Gasteiger partial charge in [-0.15, -0.1) is 10.2 Å². The molecule has 2 aromatic rings. The van der Waals surface area contributed by atoms with Gasteiger partial charge >= 0.3 is 0 Å². The van der Waals surface area contributed by atoms with Crippen LogP contribution in [0.3, 0.4) is 0 Å². The maximum atomic E-state index is 12.3. The van der Waals surface area contributed by atoms with Gasteiger partial charge in [-0.2, -0.15) is 4.80 Å². The lowest BCUT2D eigenvalue weighted by molar-refractivity contribution is -0.0978. The summed E-state index contributed by atoms with van der Waals surface area (Å²) in [6.45, 7) is 1.29. The Morgan fingerprint density at radius 3 is 2.58 bits per heavy atom. The van der Waals surface area contributed by atoms with E-state index in [9.17, 15) is 14.7 Å². The molecule has 1 unspecified atom stereocenters. The molecule has 4 rings (SSSR count). The maximum Gasteiger partial charge on any atom is 0.261 e. The van der Waals surface area contributed by atoms with Crippen molar-refractivity contribution in [1.82, 2.24) is 25.1 Å². The summed E-state index contributed by atoms with van der Waals surface area (Å²) in [5, 5.41) is 22.6. The number of fused-ring (bicyclic) bond motifs is 1. The van der Waals surface area contributed by atoms with E-state index in [1.54, 1.807) is 24.3 Å². The van der Waals surface area contributed by atoms with Crippen LogP contribution in [0.25, 0.3) is 0 Å². The summed E-state index contributed by atoms with van der Waals surface area (Å²) in [6.07, 6.45) is 1.72. The van der Waals surface area contributed by atoms with Crippen LogP contribution in [0.15, 0.2) is 24.3 Å². The highest BCUT2D eigenvalue weighted by Crippen LogP contribution is 2.22. The summed E-state index contributed by atoms with van der Waals surface area (Å²) < 4.78 is 5.31. The number of rotatable bonds is 5. The van der Waals surface area contributed by atoms with Gasteiger partial charge in [0, 0.05) is 19.6 Å². The minimum atomic E-state index is -0.987. The number of nitrogens with zero attached hydrogens (tertiary/aromatic N) is 5. The molecule has 1 aromatic heterocycles. The van der Waals surface area contributed by atoms with Gasteiger partial charge < -0.3 is 9.84 Å². The number of aliphatic hydroxyl groups is 1. The lowest BCUT2D eigenvalue weighted by Gasteiger charge is -2.30. The molecule has 1 aromatic carbocycles. The zero-order chi connectivity index (χ0) is 18.1. The third-order valence-electron chi connectivity index (χ3n) is 4.67. The number of hydrogen-bond acceptors (Lipinski definition) is 7. The quantitative estimate of drug-likeness (QED) is 0.753. The summed E-state index contributed by atoms with van der Waals surface area (Å²) in [5.74, 6) is -0.180. The first-order valence-electron chi connectivity index (χ1n) is 8.58. The first-order valence-corrected chi connectivity index (χ1v) is 8.58. The molecular weight excluding hydrogens is 338 g/mol. The number of carbonyl (C=O) groups is 2. The summed E-state index contributed by atoms with van der Waals surface area (Å²) in [5.41, 5.74) is -0.138. The van der Waals surface area contributed by atoms with Gasteiger partial charge in [0.15, 0.2) is 5.82 Å². The Labute approximate surface area is 149 Å². The largest absolute Gasteiger partial charge is 0.385 e. The fourth-order valence-corrected chi connectivity index (χ4v) is 3.32. The monoisotopic (exact) mass is 357 g/mol. The standard InChI is InChI=1S/C17H19N5O4/c23-15-12-4-1-2-5-13(12)16(24)21(15)8-6-14-18-20-22(19-14)10-17(25)7-3-9-26-11-17/h1-2,4-5,25H,3,6-11H2. The Kier molecular flexibility index (Phi) is 4.25. The van der Waals surface area contributed by atoms with E-state index in [1.807, 2.05) is 0 Å². The van der Waals surface area contributed by atoms with Crippen LogP contribution in [0.2, 0.25) is 0 Å². The Bertz CT molecular complexity index is 808. The van der Waals surface area contributed by atoms with Crippen molar-refractivity contribution in [2.45, 2.75) is 31.4 Å². The van der Waals surface area contributed by atoms with Crippen LogP contribution in [0, 0.1) is 0 Å². The van der Waals surface area contributed by atoms with E-state index in [4.69, 9.17) is 4.74 Å². The molecule has 0 spiro atoms. The molecule has 9 nitrogen and oxygen atoms in total. The molecule has 2 aliphatic heterocycles. The molecule has 1 N–H and O–H groups in total. The van der Waals surface area contributed by atoms with Crippen LogP contribution in [0.4, 0.5) is 0 Å². The fourth-order valence-electron chi connectivity index (χ4n) is 3.32. The van der Waals surface area contributed by atoms with E-state index in [-0.39, 0.29) is 31.5 Å². The lowest BCUT2D eigenvalue weighted by Crippen LogP contribution is -2.43. The molecule has 3 heterocycles. The van der Waals surface area contributed by atoms with Crippen molar-refractivity contribution >= 4 is 11.8 Å². The molecule has 0 aliphatic carbocycles. The van der Waals surface area contributed by atoms with Crippen LogP contribution >= 0.6 is 0 Å². The molecule has 0 radical (unpaired) electrons. The van der Waals surface area contributed by atoms with Crippen molar-refractivity contribution < 1.29 is 19.4 Å². The molecule has 26 heavy (non-hydrogen) atoms. The summed E-state index contributed by atoms with van der Waals surface area (Å²) in [4.78, 5) is 27.2. The van der Waals surface area contributed by atoms with Crippen LogP contribution in [-0.2, 0) is 17.7 Å². The second-order valence-corrected chi connectivity index (χ2v) is 6.67. The number of imide groups is 1. The van der Waals surface area contributed by atoms with E-state index in [2.05, 4.69) is 15.4 Å². The predicted molar refractivity (Wildman–Crippen MR) is 88.3 cm³/mol. The Morgan fingerprint density at radius 2 is 1.92 bits per heavy atom. The minimum Gasteiger partial charge on any atom is -0.385 e. The first kappa shape index (κ1) is 16.8. The van der Waals surface area contributed by atoms with Crippen LogP contribution in [-0.4, -0.2) is 67.4 Å². The number of benzene rings is 1.